The Kier molecular flexibility index (Phi) is 4.63. The summed E-state index contributed by atoms with van der Waals surface area (Å²) in [4.78, 5) is 13.5. The molecule has 3 N–H and O–H groups in total. The van der Waals surface area contributed by atoms with E-state index in [0.717, 1.165) is 17.9 Å². The number of urea groups is 1. The van der Waals surface area contributed by atoms with Gasteiger partial charge in [0, 0.05) is 31.0 Å². The molecule has 1 heterocycles. The maximum Gasteiger partial charge on any atom is 0.318 e. The summed E-state index contributed by atoms with van der Waals surface area (Å²) in [6, 6.07) is 8.12. The van der Waals surface area contributed by atoms with E-state index >= 15 is 0 Å². The van der Waals surface area contributed by atoms with Crippen LogP contribution in [0, 0.1) is 0 Å². The first kappa shape index (κ1) is 13.7. The lowest BCUT2D eigenvalue weighted by Crippen LogP contribution is -2.39. The highest BCUT2D eigenvalue weighted by atomic mass is 16.2. The van der Waals surface area contributed by atoms with E-state index in [4.69, 9.17) is 0 Å². The number of carbonyl (C=O) groups excluding carboxylic acids is 1. The lowest BCUT2D eigenvalue weighted by atomic mass is 10.1. The van der Waals surface area contributed by atoms with Gasteiger partial charge in [0.1, 0.15) is 0 Å². The molecule has 1 atom stereocenters. The molecular formula is C14H22N4O. The smallest absolute Gasteiger partial charge is 0.318 e. The minimum absolute atomic E-state index is 0.199. The van der Waals surface area contributed by atoms with E-state index in [9.17, 15) is 4.79 Å². The van der Waals surface area contributed by atoms with E-state index < -0.39 is 0 Å². The predicted octanol–water partition coefficient (Wildman–Crippen LogP) is 1.94. The summed E-state index contributed by atoms with van der Waals surface area (Å²) in [7, 11) is 3.76. The zero-order chi connectivity index (χ0) is 13.7. The number of piperidine rings is 1. The summed E-state index contributed by atoms with van der Waals surface area (Å²) in [5.41, 5.74) is 1.90. The quantitative estimate of drug-likeness (QED) is 0.780. The molecule has 1 unspecified atom stereocenters. The van der Waals surface area contributed by atoms with Gasteiger partial charge in [-0.15, -0.1) is 0 Å². The van der Waals surface area contributed by atoms with Gasteiger partial charge in [-0.25, -0.2) is 4.79 Å². The summed E-state index contributed by atoms with van der Waals surface area (Å²) in [5, 5.41) is 8.81. The number of rotatable bonds is 3. The normalized spacial score (nSPS) is 19.8. The van der Waals surface area contributed by atoms with Crippen molar-refractivity contribution in [2.75, 3.05) is 37.8 Å². The number of nitrogens with zero attached hydrogens (tertiary/aromatic N) is 1. The number of hydrogen-bond donors (Lipinski definition) is 3. The van der Waals surface area contributed by atoms with Crippen molar-refractivity contribution < 1.29 is 4.79 Å². The van der Waals surface area contributed by atoms with Gasteiger partial charge in [0.25, 0.3) is 0 Å². The molecule has 1 fully saturated rings. The molecule has 1 aromatic carbocycles. The van der Waals surface area contributed by atoms with Gasteiger partial charge in [-0.2, -0.15) is 0 Å². The van der Waals surface area contributed by atoms with Crippen LogP contribution in [-0.4, -0.2) is 44.2 Å². The second-order valence-corrected chi connectivity index (χ2v) is 5.03. The van der Waals surface area contributed by atoms with E-state index in [1.165, 1.54) is 19.4 Å². The fourth-order valence-corrected chi connectivity index (χ4v) is 2.36. The molecule has 1 aromatic rings. The van der Waals surface area contributed by atoms with Crippen LogP contribution < -0.4 is 16.0 Å². The average Bonchev–Trinajstić information content (AvgIpc) is 2.41. The zero-order valence-corrected chi connectivity index (χ0v) is 11.6. The first-order valence-electron chi connectivity index (χ1n) is 6.71. The lowest BCUT2D eigenvalue weighted by Gasteiger charge is -2.30. The summed E-state index contributed by atoms with van der Waals surface area (Å²) in [6.45, 7) is 2.27. The van der Waals surface area contributed by atoms with Crippen LogP contribution in [0.5, 0.6) is 0 Å². The SMILES string of the molecule is CNC(=O)Nc1ccc(NC2CCCN(C)C2)cc1. The van der Waals surface area contributed by atoms with Gasteiger partial charge in [-0.1, -0.05) is 0 Å². The fraction of sp³-hybridized carbons (Fsp3) is 0.500. The number of likely N-dealkylation sites (N-methyl/N-ethyl adjacent to an activating group) is 1. The van der Waals surface area contributed by atoms with Crippen LogP contribution in [0.15, 0.2) is 24.3 Å². The molecule has 0 aliphatic carbocycles. The van der Waals surface area contributed by atoms with Gasteiger partial charge < -0.3 is 20.9 Å². The second-order valence-electron chi connectivity index (χ2n) is 5.03. The highest BCUT2D eigenvalue weighted by Gasteiger charge is 2.16. The summed E-state index contributed by atoms with van der Waals surface area (Å²) in [6.07, 6.45) is 2.45. The van der Waals surface area contributed by atoms with Crippen LogP contribution in [0.2, 0.25) is 0 Å². The van der Waals surface area contributed by atoms with Gasteiger partial charge in [-0.3, -0.25) is 0 Å². The maximum absolute atomic E-state index is 11.2. The van der Waals surface area contributed by atoms with Crippen molar-refractivity contribution in [1.82, 2.24) is 10.2 Å². The number of carbonyl (C=O) groups is 1. The van der Waals surface area contributed by atoms with Crippen molar-refractivity contribution in [2.45, 2.75) is 18.9 Å². The Hall–Kier alpha value is -1.75. The molecule has 104 valence electrons. The van der Waals surface area contributed by atoms with Gasteiger partial charge in [0.2, 0.25) is 0 Å². The van der Waals surface area contributed by atoms with Crippen molar-refractivity contribution in [1.29, 1.82) is 0 Å². The summed E-state index contributed by atoms with van der Waals surface area (Å²) < 4.78 is 0. The van der Waals surface area contributed by atoms with Crippen molar-refractivity contribution >= 4 is 17.4 Å². The van der Waals surface area contributed by atoms with Gasteiger partial charge in [-0.05, 0) is 50.7 Å². The van der Waals surface area contributed by atoms with E-state index in [0.29, 0.717) is 6.04 Å². The molecule has 19 heavy (non-hydrogen) atoms. The monoisotopic (exact) mass is 262 g/mol. The molecule has 0 radical (unpaired) electrons. The molecule has 1 aliphatic rings. The Morgan fingerprint density at radius 3 is 2.58 bits per heavy atom. The van der Waals surface area contributed by atoms with Crippen molar-refractivity contribution in [3.8, 4) is 0 Å². The van der Waals surface area contributed by atoms with Crippen molar-refractivity contribution in [2.24, 2.45) is 0 Å². The largest absolute Gasteiger partial charge is 0.381 e. The fourth-order valence-electron chi connectivity index (χ4n) is 2.36. The van der Waals surface area contributed by atoms with Crippen molar-refractivity contribution in [3.63, 3.8) is 0 Å². The third-order valence-corrected chi connectivity index (χ3v) is 3.37. The Balaban J connectivity index is 1.89. The molecule has 0 spiro atoms. The highest BCUT2D eigenvalue weighted by Crippen LogP contribution is 2.17. The van der Waals surface area contributed by atoms with Crippen LogP contribution in [0.4, 0.5) is 16.2 Å². The van der Waals surface area contributed by atoms with Gasteiger partial charge >= 0.3 is 6.03 Å². The Labute approximate surface area is 114 Å². The second kappa shape index (κ2) is 6.43. The van der Waals surface area contributed by atoms with Crippen LogP contribution >= 0.6 is 0 Å². The number of benzene rings is 1. The van der Waals surface area contributed by atoms with Crippen molar-refractivity contribution in [3.05, 3.63) is 24.3 Å². The molecule has 2 rings (SSSR count). The average molecular weight is 262 g/mol. The first-order chi connectivity index (χ1) is 9.17. The minimum Gasteiger partial charge on any atom is -0.381 e. The minimum atomic E-state index is -0.199. The molecule has 0 bridgehead atoms. The number of nitrogens with one attached hydrogen (secondary N) is 3. The highest BCUT2D eigenvalue weighted by molar-refractivity contribution is 5.89. The Morgan fingerprint density at radius 2 is 1.95 bits per heavy atom. The standard InChI is InChI=1S/C14H22N4O/c1-15-14(19)17-12-7-5-11(6-8-12)16-13-4-3-9-18(2)10-13/h5-8,13,16H,3-4,9-10H2,1-2H3,(H2,15,17,19). The molecule has 2 amide bonds. The molecule has 0 aromatic heterocycles. The molecular weight excluding hydrogens is 240 g/mol. The first-order valence-corrected chi connectivity index (χ1v) is 6.71. The van der Waals surface area contributed by atoms with E-state index in [1.54, 1.807) is 7.05 Å². The third-order valence-electron chi connectivity index (χ3n) is 3.37. The van der Waals surface area contributed by atoms with Gasteiger partial charge in [0.15, 0.2) is 0 Å². The van der Waals surface area contributed by atoms with Crippen LogP contribution in [0.3, 0.4) is 0 Å². The van der Waals surface area contributed by atoms with E-state index in [-0.39, 0.29) is 6.03 Å². The van der Waals surface area contributed by atoms with Crippen LogP contribution in [0.1, 0.15) is 12.8 Å². The van der Waals surface area contributed by atoms with Crippen LogP contribution in [0.25, 0.3) is 0 Å². The summed E-state index contributed by atoms with van der Waals surface area (Å²) in [5.74, 6) is 0. The molecule has 5 heteroatoms. The van der Waals surface area contributed by atoms with Gasteiger partial charge in [0.05, 0.1) is 0 Å². The van der Waals surface area contributed by atoms with Crippen LogP contribution in [-0.2, 0) is 0 Å². The Bertz CT molecular complexity index is 418. The number of anilines is 2. The molecule has 0 saturated carbocycles. The predicted molar refractivity (Wildman–Crippen MR) is 78.7 cm³/mol. The Morgan fingerprint density at radius 1 is 1.26 bits per heavy atom. The molecule has 1 aliphatic heterocycles. The molecule has 1 saturated heterocycles. The number of hydrogen-bond acceptors (Lipinski definition) is 3. The maximum atomic E-state index is 11.2. The zero-order valence-electron chi connectivity index (χ0n) is 11.6. The number of amides is 2. The summed E-state index contributed by atoms with van der Waals surface area (Å²) >= 11 is 0. The lowest BCUT2D eigenvalue weighted by molar-refractivity contribution is 0.254. The van der Waals surface area contributed by atoms with E-state index in [2.05, 4.69) is 27.9 Å². The van der Waals surface area contributed by atoms with E-state index in [1.807, 2.05) is 24.3 Å². The number of likely N-dealkylation sites (tertiary alicyclic amines) is 1. The molecule has 5 nitrogen and oxygen atoms in total. The third kappa shape index (κ3) is 4.13. The topological polar surface area (TPSA) is 56.4 Å².